The molecule has 6 heteroatoms. The molecule has 0 aliphatic rings. The topological polar surface area (TPSA) is 74.5 Å². The number of carbonyl (C=O) groups is 1. The Kier molecular flexibility index (Phi) is 4.33. The highest BCUT2D eigenvalue weighted by Gasteiger charge is 2.13. The maximum atomic E-state index is 11.9. The Morgan fingerprint density at radius 1 is 1.22 bits per heavy atom. The molecule has 6 nitrogen and oxygen atoms in total. The summed E-state index contributed by atoms with van der Waals surface area (Å²) in [5, 5.41) is 3.99. The van der Waals surface area contributed by atoms with E-state index in [4.69, 9.17) is 14.0 Å². The van der Waals surface area contributed by atoms with E-state index in [0.29, 0.717) is 22.8 Å². The van der Waals surface area contributed by atoms with E-state index in [1.54, 1.807) is 31.5 Å². The molecule has 1 aromatic carbocycles. The van der Waals surface area contributed by atoms with Gasteiger partial charge in [-0.05, 0) is 24.3 Å². The smallest absolute Gasteiger partial charge is 0.340 e. The fraction of sp³-hybridized carbons (Fsp3) is 0.118. The van der Waals surface area contributed by atoms with Crippen molar-refractivity contribution < 1.29 is 18.8 Å². The fourth-order valence-corrected chi connectivity index (χ4v) is 2.07. The average Bonchev–Trinajstić information content (AvgIpc) is 3.09. The summed E-state index contributed by atoms with van der Waals surface area (Å²) in [6.07, 6.45) is 3.04. The van der Waals surface area contributed by atoms with Crippen molar-refractivity contribution in [2.45, 2.75) is 6.61 Å². The number of aromatic nitrogens is 2. The maximum absolute atomic E-state index is 11.9. The van der Waals surface area contributed by atoms with Crippen LogP contribution in [0, 0.1) is 0 Å². The first kappa shape index (κ1) is 14.8. The summed E-state index contributed by atoms with van der Waals surface area (Å²) in [5.41, 5.74) is 1.82. The number of carbonyl (C=O) groups excluding carboxylic acids is 1. The molecule has 0 radical (unpaired) electrons. The Balaban J connectivity index is 1.69. The molecule has 3 rings (SSSR count). The molecule has 0 N–H and O–H groups in total. The van der Waals surface area contributed by atoms with E-state index in [-0.39, 0.29) is 6.61 Å². The first-order valence-corrected chi connectivity index (χ1v) is 6.94. The van der Waals surface area contributed by atoms with Gasteiger partial charge in [0.05, 0.1) is 12.7 Å². The van der Waals surface area contributed by atoms with Crippen LogP contribution in [0.4, 0.5) is 0 Å². The van der Waals surface area contributed by atoms with Gasteiger partial charge in [-0.2, -0.15) is 0 Å². The van der Waals surface area contributed by atoms with Crippen LogP contribution in [0.25, 0.3) is 11.3 Å². The lowest BCUT2D eigenvalue weighted by molar-refractivity contribution is 0.0437. The van der Waals surface area contributed by atoms with E-state index >= 15 is 0 Å². The van der Waals surface area contributed by atoms with Crippen molar-refractivity contribution in [2.24, 2.45) is 0 Å². The number of rotatable bonds is 5. The summed E-state index contributed by atoms with van der Waals surface area (Å²) < 4.78 is 15.7. The Bertz CT molecular complexity index is 799. The van der Waals surface area contributed by atoms with Crippen LogP contribution in [0.1, 0.15) is 16.1 Å². The van der Waals surface area contributed by atoms with Crippen LogP contribution in [0.15, 0.2) is 59.4 Å². The molecule has 23 heavy (non-hydrogen) atoms. The van der Waals surface area contributed by atoms with Crippen LogP contribution >= 0.6 is 0 Å². The third-order valence-corrected chi connectivity index (χ3v) is 3.18. The zero-order chi connectivity index (χ0) is 16.1. The SMILES string of the molecule is COc1ccccc1-c1cc(COC(=O)c2cccnc2)on1. The van der Waals surface area contributed by atoms with Crippen LogP contribution in [0.5, 0.6) is 5.75 Å². The first-order valence-electron chi connectivity index (χ1n) is 6.94. The number of hydrogen-bond acceptors (Lipinski definition) is 6. The van der Waals surface area contributed by atoms with Crippen molar-refractivity contribution in [3.8, 4) is 17.0 Å². The van der Waals surface area contributed by atoms with Crippen LogP contribution in [0.2, 0.25) is 0 Å². The molecule has 0 atom stereocenters. The number of pyridine rings is 1. The molecule has 0 unspecified atom stereocenters. The van der Waals surface area contributed by atoms with Gasteiger partial charge in [-0.1, -0.05) is 17.3 Å². The molecule has 116 valence electrons. The molecular formula is C17H14N2O4. The minimum absolute atomic E-state index is 0.00409. The van der Waals surface area contributed by atoms with Crippen LogP contribution in [0.3, 0.4) is 0 Å². The summed E-state index contributed by atoms with van der Waals surface area (Å²) in [5.74, 6) is 0.677. The highest BCUT2D eigenvalue weighted by molar-refractivity contribution is 5.88. The molecule has 0 aliphatic heterocycles. The Labute approximate surface area is 132 Å². The quantitative estimate of drug-likeness (QED) is 0.674. The second kappa shape index (κ2) is 6.74. The predicted octanol–water partition coefficient (Wildman–Crippen LogP) is 3.10. The van der Waals surface area contributed by atoms with E-state index in [1.165, 1.54) is 6.20 Å². The van der Waals surface area contributed by atoms with Gasteiger partial charge >= 0.3 is 5.97 Å². The lowest BCUT2D eigenvalue weighted by Gasteiger charge is -2.03. The van der Waals surface area contributed by atoms with Crippen LogP contribution in [-0.2, 0) is 11.3 Å². The highest BCUT2D eigenvalue weighted by atomic mass is 16.5. The molecule has 0 saturated carbocycles. The van der Waals surface area contributed by atoms with Crippen LogP contribution < -0.4 is 4.74 Å². The third kappa shape index (κ3) is 3.37. The van der Waals surface area contributed by atoms with E-state index in [2.05, 4.69) is 10.1 Å². The molecule has 0 spiro atoms. The van der Waals surface area contributed by atoms with Crippen LogP contribution in [-0.4, -0.2) is 23.2 Å². The van der Waals surface area contributed by atoms with Gasteiger partial charge in [0, 0.05) is 24.0 Å². The summed E-state index contributed by atoms with van der Waals surface area (Å²) in [6.45, 7) is -0.00409. The highest BCUT2D eigenvalue weighted by Crippen LogP contribution is 2.29. The molecule has 2 heterocycles. The summed E-state index contributed by atoms with van der Waals surface area (Å²) >= 11 is 0. The summed E-state index contributed by atoms with van der Waals surface area (Å²) in [6, 6.07) is 12.5. The van der Waals surface area contributed by atoms with Crippen molar-refractivity contribution in [3.63, 3.8) is 0 Å². The normalized spacial score (nSPS) is 10.3. The molecule has 2 aromatic heterocycles. The monoisotopic (exact) mass is 310 g/mol. The number of ether oxygens (including phenoxy) is 2. The van der Waals surface area contributed by atoms with Gasteiger partial charge in [-0.3, -0.25) is 4.98 Å². The van der Waals surface area contributed by atoms with E-state index in [1.807, 2.05) is 24.3 Å². The standard InChI is InChI=1S/C17H14N2O4/c1-21-16-7-3-2-6-14(16)15-9-13(23-19-15)11-22-17(20)12-5-4-8-18-10-12/h2-10H,11H2,1H3. The van der Waals surface area contributed by atoms with E-state index in [9.17, 15) is 4.79 Å². The zero-order valence-electron chi connectivity index (χ0n) is 12.4. The lowest BCUT2D eigenvalue weighted by atomic mass is 10.1. The second-order valence-electron chi connectivity index (χ2n) is 4.70. The molecule has 0 amide bonds. The molecule has 0 aliphatic carbocycles. The summed E-state index contributed by atoms with van der Waals surface area (Å²) in [7, 11) is 1.59. The first-order chi connectivity index (χ1) is 11.3. The predicted molar refractivity (Wildman–Crippen MR) is 81.8 cm³/mol. The average molecular weight is 310 g/mol. The fourth-order valence-electron chi connectivity index (χ4n) is 2.07. The number of nitrogens with zero attached hydrogens (tertiary/aromatic N) is 2. The minimum atomic E-state index is -0.464. The van der Waals surface area contributed by atoms with Crippen molar-refractivity contribution in [2.75, 3.05) is 7.11 Å². The van der Waals surface area contributed by atoms with Gasteiger partial charge in [0.2, 0.25) is 0 Å². The number of methoxy groups -OCH3 is 1. The van der Waals surface area contributed by atoms with Crippen molar-refractivity contribution in [3.05, 3.63) is 66.2 Å². The van der Waals surface area contributed by atoms with Crippen molar-refractivity contribution in [1.82, 2.24) is 10.1 Å². The lowest BCUT2D eigenvalue weighted by Crippen LogP contribution is -2.04. The van der Waals surface area contributed by atoms with Gasteiger partial charge in [-0.25, -0.2) is 4.79 Å². The van der Waals surface area contributed by atoms with Crippen molar-refractivity contribution >= 4 is 5.97 Å². The van der Waals surface area contributed by atoms with E-state index < -0.39 is 5.97 Å². The molecule has 0 fully saturated rings. The number of benzene rings is 1. The number of para-hydroxylation sites is 1. The molecule has 3 aromatic rings. The molecular weight excluding hydrogens is 296 g/mol. The molecule has 0 bridgehead atoms. The van der Waals surface area contributed by atoms with Crippen molar-refractivity contribution in [1.29, 1.82) is 0 Å². The number of hydrogen-bond donors (Lipinski definition) is 0. The number of esters is 1. The van der Waals surface area contributed by atoms with Gasteiger partial charge in [0.15, 0.2) is 12.4 Å². The maximum Gasteiger partial charge on any atom is 0.340 e. The second-order valence-corrected chi connectivity index (χ2v) is 4.70. The third-order valence-electron chi connectivity index (χ3n) is 3.18. The Morgan fingerprint density at radius 2 is 2.09 bits per heavy atom. The van der Waals surface area contributed by atoms with E-state index in [0.717, 1.165) is 5.56 Å². The minimum Gasteiger partial charge on any atom is -0.496 e. The van der Waals surface area contributed by atoms with Gasteiger partial charge < -0.3 is 14.0 Å². The zero-order valence-corrected chi connectivity index (χ0v) is 12.4. The Hall–Kier alpha value is -3.15. The molecule has 0 saturated heterocycles. The van der Waals surface area contributed by atoms with Gasteiger partial charge in [0.1, 0.15) is 11.4 Å². The van der Waals surface area contributed by atoms with Gasteiger partial charge in [0.25, 0.3) is 0 Å². The van der Waals surface area contributed by atoms with Gasteiger partial charge in [-0.15, -0.1) is 0 Å². The summed E-state index contributed by atoms with van der Waals surface area (Å²) in [4.78, 5) is 15.7. The Morgan fingerprint density at radius 3 is 2.87 bits per heavy atom. The largest absolute Gasteiger partial charge is 0.496 e.